The van der Waals surface area contributed by atoms with E-state index in [0.29, 0.717) is 12.6 Å². The molecule has 1 aromatic carbocycles. The molecular formula is C20H34IN3O2. The van der Waals surface area contributed by atoms with Crippen molar-refractivity contribution in [2.75, 3.05) is 19.7 Å². The highest BCUT2D eigenvalue weighted by Gasteiger charge is 2.15. The van der Waals surface area contributed by atoms with Gasteiger partial charge in [-0.2, -0.15) is 0 Å². The number of hydrogen-bond donors (Lipinski definition) is 2. The third-order valence-electron chi connectivity index (χ3n) is 3.92. The Balaban J connectivity index is 0.00000338. The number of rotatable bonds is 7. The quantitative estimate of drug-likeness (QED) is 0.354. The average molecular weight is 475 g/mol. The van der Waals surface area contributed by atoms with E-state index < -0.39 is 0 Å². The van der Waals surface area contributed by atoms with Crippen molar-refractivity contribution in [2.24, 2.45) is 4.99 Å². The molecule has 26 heavy (non-hydrogen) atoms. The Morgan fingerprint density at radius 3 is 2.69 bits per heavy atom. The third-order valence-corrected chi connectivity index (χ3v) is 3.92. The largest absolute Gasteiger partial charge is 0.488 e. The number of ether oxygens (including phenoxy) is 2. The predicted molar refractivity (Wildman–Crippen MR) is 119 cm³/mol. The normalized spacial score (nSPS) is 17.5. The molecule has 1 aliphatic rings. The highest BCUT2D eigenvalue weighted by atomic mass is 127. The van der Waals surface area contributed by atoms with Crippen molar-refractivity contribution in [2.45, 2.75) is 65.2 Å². The fourth-order valence-corrected chi connectivity index (χ4v) is 2.79. The van der Waals surface area contributed by atoms with Gasteiger partial charge in [-0.05, 0) is 53.0 Å². The van der Waals surface area contributed by atoms with E-state index in [1.807, 2.05) is 18.2 Å². The molecule has 0 bridgehead atoms. The Morgan fingerprint density at radius 1 is 1.27 bits per heavy atom. The zero-order valence-electron chi connectivity index (χ0n) is 16.5. The lowest BCUT2D eigenvalue weighted by Crippen LogP contribution is -2.38. The van der Waals surface area contributed by atoms with Gasteiger partial charge in [0.1, 0.15) is 11.4 Å². The smallest absolute Gasteiger partial charge is 0.191 e. The van der Waals surface area contributed by atoms with E-state index in [-0.39, 0.29) is 29.6 Å². The molecule has 1 unspecified atom stereocenters. The lowest BCUT2D eigenvalue weighted by molar-refractivity contribution is 0.105. The number of benzene rings is 1. The number of hydrogen-bond acceptors (Lipinski definition) is 3. The second-order valence-corrected chi connectivity index (χ2v) is 7.37. The first-order valence-corrected chi connectivity index (χ1v) is 9.38. The maximum Gasteiger partial charge on any atom is 0.191 e. The number of nitrogens with zero attached hydrogens (tertiary/aromatic N) is 1. The maximum absolute atomic E-state index is 6.05. The lowest BCUT2D eigenvalue weighted by atomic mass is 10.1. The molecule has 148 valence electrons. The predicted octanol–water partition coefficient (Wildman–Crippen LogP) is 4.11. The van der Waals surface area contributed by atoms with Gasteiger partial charge in [-0.1, -0.05) is 18.2 Å². The van der Waals surface area contributed by atoms with Gasteiger partial charge < -0.3 is 20.1 Å². The Morgan fingerprint density at radius 2 is 2.04 bits per heavy atom. The average Bonchev–Trinajstić information content (AvgIpc) is 3.06. The summed E-state index contributed by atoms with van der Waals surface area (Å²) < 4.78 is 11.7. The zero-order chi connectivity index (χ0) is 18.1. The van der Waals surface area contributed by atoms with Crippen molar-refractivity contribution in [1.82, 2.24) is 10.6 Å². The van der Waals surface area contributed by atoms with E-state index in [0.717, 1.165) is 43.4 Å². The number of aliphatic imine (C=N–C) groups is 1. The van der Waals surface area contributed by atoms with Gasteiger partial charge in [0.2, 0.25) is 0 Å². The van der Waals surface area contributed by atoms with Crippen LogP contribution in [0.1, 0.15) is 52.5 Å². The molecule has 0 spiro atoms. The van der Waals surface area contributed by atoms with Gasteiger partial charge in [0.05, 0.1) is 12.6 Å². The molecule has 1 saturated heterocycles. The number of para-hydroxylation sites is 1. The Kier molecular flexibility index (Phi) is 10.3. The van der Waals surface area contributed by atoms with Crippen LogP contribution in [0.3, 0.4) is 0 Å². The first kappa shape index (κ1) is 23.0. The summed E-state index contributed by atoms with van der Waals surface area (Å²) in [5.41, 5.74) is 0.873. The van der Waals surface area contributed by atoms with Gasteiger partial charge in [0.25, 0.3) is 0 Å². The number of guanidine groups is 1. The SMILES string of the molecule is CCNC(=NCc1ccccc1OC(C)(C)C)NCCC1CCCO1.I. The van der Waals surface area contributed by atoms with Crippen LogP contribution in [0.15, 0.2) is 29.3 Å². The molecule has 2 rings (SSSR count). The Labute approximate surface area is 175 Å². The van der Waals surface area contributed by atoms with Crippen LogP contribution in [0, 0.1) is 0 Å². The molecule has 1 aliphatic heterocycles. The van der Waals surface area contributed by atoms with Crippen LogP contribution in [0.4, 0.5) is 0 Å². The van der Waals surface area contributed by atoms with Crippen LogP contribution in [-0.2, 0) is 11.3 Å². The van der Waals surface area contributed by atoms with E-state index in [1.165, 1.54) is 12.8 Å². The van der Waals surface area contributed by atoms with Crippen LogP contribution >= 0.6 is 24.0 Å². The van der Waals surface area contributed by atoms with E-state index >= 15 is 0 Å². The van der Waals surface area contributed by atoms with Crippen molar-refractivity contribution in [1.29, 1.82) is 0 Å². The van der Waals surface area contributed by atoms with Crippen LogP contribution < -0.4 is 15.4 Å². The lowest BCUT2D eigenvalue weighted by Gasteiger charge is -2.23. The molecule has 0 aromatic heterocycles. The van der Waals surface area contributed by atoms with Crippen LogP contribution in [0.25, 0.3) is 0 Å². The van der Waals surface area contributed by atoms with Crippen molar-refractivity contribution in [3.63, 3.8) is 0 Å². The molecule has 0 amide bonds. The molecule has 0 radical (unpaired) electrons. The zero-order valence-corrected chi connectivity index (χ0v) is 18.8. The molecule has 1 atom stereocenters. The second kappa shape index (κ2) is 11.6. The first-order valence-electron chi connectivity index (χ1n) is 9.38. The first-order chi connectivity index (χ1) is 12.0. The summed E-state index contributed by atoms with van der Waals surface area (Å²) in [6.45, 7) is 11.5. The van der Waals surface area contributed by atoms with E-state index in [9.17, 15) is 0 Å². The van der Waals surface area contributed by atoms with Crippen molar-refractivity contribution in [3.8, 4) is 5.75 Å². The topological polar surface area (TPSA) is 54.9 Å². The molecular weight excluding hydrogens is 441 g/mol. The molecule has 1 heterocycles. The highest BCUT2D eigenvalue weighted by molar-refractivity contribution is 14.0. The summed E-state index contributed by atoms with van der Waals surface area (Å²) in [5, 5.41) is 6.71. The standard InChI is InChI=1S/C20H33N3O2.HI/c1-5-21-19(22-13-12-17-10-8-14-24-17)23-15-16-9-6-7-11-18(16)25-20(2,3)4;/h6-7,9,11,17H,5,8,10,12-15H2,1-4H3,(H2,21,22,23);1H. The van der Waals surface area contributed by atoms with Crippen LogP contribution in [0.5, 0.6) is 5.75 Å². The van der Waals surface area contributed by atoms with E-state index in [1.54, 1.807) is 0 Å². The minimum atomic E-state index is -0.218. The monoisotopic (exact) mass is 475 g/mol. The minimum absolute atomic E-state index is 0. The molecule has 0 aliphatic carbocycles. The summed E-state index contributed by atoms with van der Waals surface area (Å²) in [6, 6.07) is 8.10. The van der Waals surface area contributed by atoms with Crippen molar-refractivity contribution >= 4 is 29.9 Å². The van der Waals surface area contributed by atoms with Crippen molar-refractivity contribution < 1.29 is 9.47 Å². The fraction of sp³-hybridized carbons (Fsp3) is 0.650. The third kappa shape index (κ3) is 8.58. The molecule has 2 N–H and O–H groups in total. The maximum atomic E-state index is 6.05. The molecule has 0 saturated carbocycles. The molecule has 1 fully saturated rings. The van der Waals surface area contributed by atoms with Gasteiger partial charge in [0, 0.05) is 25.3 Å². The second-order valence-electron chi connectivity index (χ2n) is 7.37. The van der Waals surface area contributed by atoms with E-state index in [2.05, 4.69) is 44.4 Å². The summed E-state index contributed by atoms with van der Waals surface area (Å²) in [4.78, 5) is 4.71. The van der Waals surface area contributed by atoms with Gasteiger partial charge in [-0.15, -0.1) is 24.0 Å². The van der Waals surface area contributed by atoms with E-state index in [4.69, 9.17) is 14.5 Å². The number of nitrogens with one attached hydrogen (secondary N) is 2. The van der Waals surface area contributed by atoms with Crippen LogP contribution in [0.2, 0.25) is 0 Å². The minimum Gasteiger partial charge on any atom is -0.488 e. The van der Waals surface area contributed by atoms with Gasteiger partial charge in [-0.25, -0.2) is 4.99 Å². The Hall–Kier alpha value is -1.02. The van der Waals surface area contributed by atoms with Gasteiger partial charge in [0.15, 0.2) is 5.96 Å². The molecule has 6 heteroatoms. The summed E-state index contributed by atoms with van der Waals surface area (Å²) in [6.07, 6.45) is 3.78. The molecule has 5 nitrogen and oxygen atoms in total. The number of halogens is 1. The fourth-order valence-electron chi connectivity index (χ4n) is 2.79. The highest BCUT2D eigenvalue weighted by Crippen LogP contribution is 2.23. The summed E-state index contributed by atoms with van der Waals surface area (Å²) in [5.74, 6) is 1.74. The Bertz CT molecular complexity index is 552. The molecule has 1 aromatic rings. The van der Waals surface area contributed by atoms with Crippen LogP contribution in [-0.4, -0.2) is 37.4 Å². The van der Waals surface area contributed by atoms with Gasteiger partial charge >= 0.3 is 0 Å². The van der Waals surface area contributed by atoms with Crippen molar-refractivity contribution in [3.05, 3.63) is 29.8 Å². The van der Waals surface area contributed by atoms with Gasteiger partial charge in [-0.3, -0.25) is 0 Å². The summed E-state index contributed by atoms with van der Waals surface area (Å²) >= 11 is 0. The summed E-state index contributed by atoms with van der Waals surface area (Å²) in [7, 11) is 0.